The summed E-state index contributed by atoms with van der Waals surface area (Å²) in [5.41, 5.74) is 1.38. The molecule has 0 aliphatic rings. The summed E-state index contributed by atoms with van der Waals surface area (Å²) in [6.07, 6.45) is -0.235. The predicted octanol–water partition coefficient (Wildman–Crippen LogP) is 2.69. The Morgan fingerprint density at radius 1 is 1.32 bits per heavy atom. The van der Waals surface area contributed by atoms with E-state index in [-0.39, 0.29) is 16.4 Å². The van der Waals surface area contributed by atoms with Gasteiger partial charge in [-0.25, -0.2) is 13.4 Å². The quantitative estimate of drug-likeness (QED) is 0.843. The van der Waals surface area contributed by atoms with Crippen LogP contribution in [-0.2, 0) is 21.2 Å². The minimum absolute atomic E-state index is 0.145. The van der Waals surface area contributed by atoms with Gasteiger partial charge in [0.2, 0.25) is 0 Å². The molecule has 0 saturated carbocycles. The summed E-state index contributed by atoms with van der Waals surface area (Å²) >= 11 is 1.06. The number of aliphatic carboxylic acids is 1. The zero-order valence-corrected chi connectivity index (χ0v) is 13.7. The van der Waals surface area contributed by atoms with Crippen LogP contribution in [0.15, 0.2) is 34.5 Å². The zero-order chi connectivity index (χ0) is 16.3. The Kier molecular flexibility index (Phi) is 4.82. The summed E-state index contributed by atoms with van der Waals surface area (Å²) in [5.74, 6) is -0.689. The molecule has 0 spiro atoms. The molecule has 0 radical (unpaired) electrons. The van der Waals surface area contributed by atoms with Gasteiger partial charge in [-0.2, -0.15) is 0 Å². The number of aromatic nitrogens is 1. The van der Waals surface area contributed by atoms with Crippen LogP contribution in [-0.4, -0.2) is 24.5 Å². The molecule has 0 unspecified atom stereocenters. The van der Waals surface area contributed by atoms with Crippen molar-refractivity contribution in [2.45, 2.75) is 31.1 Å². The number of nitrogens with one attached hydrogen (secondary N) is 1. The van der Waals surface area contributed by atoms with Crippen LogP contribution in [0.5, 0.6) is 0 Å². The summed E-state index contributed by atoms with van der Waals surface area (Å²) < 4.78 is 26.9. The lowest BCUT2D eigenvalue weighted by Gasteiger charge is -2.08. The van der Waals surface area contributed by atoms with E-state index in [1.165, 1.54) is 5.38 Å². The topological polar surface area (TPSA) is 96.4 Å². The molecule has 2 rings (SSSR count). The second-order valence-corrected chi connectivity index (χ2v) is 7.58. The third-order valence-electron chi connectivity index (χ3n) is 2.96. The molecule has 2 aromatic rings. The summed E-state index contributed by atoms with van der Waals surface area (Å²) in [4.78, 5) is 14.7. The van der Waals surface area contributed by atoms with Crippen LogP contribution in [0, 0.1) is 0 Å². The van der Waals surface area contributed by atoms with Crippen LogP contribution >= 0.6 is 11.3 Å². The number of nitrogens with zero attached hydrogens (tertiary/aromatic N) is 1. The SMILES string of the molecule is CC(C)c1ccc(S(=O)(=O)Nc2nc(CC(=O)O)cs2)cc1. The Bertz CT molecular complexity index is 764. The summed E-state index contributed by atoms with van der Waals surface area (Å²) in [5, 5.41) is 10.4. The van der Waals surface area contributed by atoms with Crippen molar-refractivity contribution in [3.05, 3.63) is 40.9 Å². The second kappa shape index (κ2) is 6.45. The highest BCUT2D eigenvalue weighted by molar-refractivity contribution is 7.93. The monoisotopic (exact) mass is 340 g/mol. The number of benzene rings is 1. The minimum atomic E-state index is -3.72. The van der Waals surface area contributed by atoms with E-state index in [1.807, 2.05) is 13.8 Å². The predicted molar refractivity (Wildman–Crippen MR) is 84.8 cm³/mol. The molecule has 0 saturated heterocycles. The lowest BCUT2D eigenvalue weighted by atomic mass is 10.0. The molecule has 1 heterocycles. The van der Waals surface area contributed by atoms with Gasteiger partial charge in [-0.15, -0.1) is 11.3 Å². The maximum absolute atomic E-state index is 12.3. The summed E-state index contributed by atoms with van der Waals surface area (Å²) in [6.45, 7) is 4.06. The molecule has 0 fully saturated rings. The van der Waals surface area contributed by atoms with Crippen molar-refractivity contribution in [1.29, 1.82) is 0 Å². The molecule has 118 valence electrons. The van der Waals surface area contributed by atoms with E-state index < -0.39 is 16.0 Å². The average Bonchev–Trinajstić information content (AvgIpc) is 2.84. The van der Waals surface area contributed by atoms with Gasteiger partial charge in [0.05, 0.1) is 17.0 Å². The number of hydrogen-bond acceptors (Lipinski definition) is 5. The number of anilines is 1. The number of carbonyl (C=O) groups is 1. The van der Waals surface area contributed by atoms with Gasteiger partial charge in [0.1, 0.15) is 0 Å². The molecule has 1 aromatic heterocycles. The number of rotatable bonds is 6. The fraction of sp³-hybridized carbons (Fsp3) is 0.286. The number of hydrogen-bond donors (Lipinski definition) is 2. The van der Waals surface area contributed by atoms with E-state index >= 15 is 0 Å². The van der Waals surface area contributed by atoms with Crippen LogP contribution in [0.4, 0.5) is 5.13 Å². The van der Waals surface area contributed by atoms with E-state index in [1.54, 1.807) is 24.3 Å². The van der Waals surface area contributed by atoms with Gasteiger partial charge in [0, 0.05) is 5.38 Å². The van der Waals surface area contributed by atoms with Gasteiger partial charge in [-0.3, -0.25) is 9.52 Å². The van der Waals surface area contributed by atoms with Gasteiger partial charge in [0.25, 0.3) is 10.0 Å². The number of carboxylic acid groups (broad SMARTS) is 1. The first-order chi connectivity index (χ1) is 10.3. The molecular weight excluding hydrogens is 324 g/mol. The standard InChI is InChI=1S/C14H16N2O4S2/c1-9(2)10-3-5-12(6-4-10)22(19,20)16-14-15-11(8-21-14)7-13(17)18/h3-6,8-9H,7H2,1-2H3,(H,15,16)(H,17,18). The van der Waals surface area contributed by atoms with Crippen LogP contribution in [0.3, 0.4) is 0 Å². The van der Waals surface area contributed by atoms with Crippen molar-refractivity contribution < 1.29 is 18.3 Å². The Labute approximate surface area is 132 Å². The molecule has 8 heteroatoms. The minimum Gasteiger partial charge on any atom is -0.481 e. The van der Waals surface area contributed by atoms with Crippen molar-refractivity contribution >= 4 is 32.5 Å². The van der Waals surface area contributed by atoms with Gasteiger partial charge < -0.3 is 5.11 Å². The molecule has 22 heavy (non-hydrogen) atoms. The van der Waals surface area contributed by atoms with Gasteiger partial charge in [-0.1, -0.05) is 26.0 Å². The van der Waals surface area contributed by atoms with Crippen molar-refractivity contribution in [3.63, 3.8) is 0 Å². The van der Waals surface area contributed by atoms with Crippen LogP contribution in [0.25, 0.3) is 0 Å². The highest BCUT2D eigenvalue weighted by Gasteiger charge is 2.17. The van der Waals surface area contributed by atoms with E-state index in [9.17, 15) is 13.2 Å². The maximum Gasteiger partial charge on any atom is 0.309 e. The fourth-order valence-electron chi connectivity index (χ4n) is 1.80. The molecule has 0 aliphatic carbocycles. The normalized spacial score (nSPS) is 11.6. The van der Waals surface area contributed by atoms with Crippen LogP contribution in [0.2, 0.25) is 0 Å². The van der Waals surface area contributed by atoms with Gasteiger partial charge in [-0.05, 0) is 23.6 Å². The molecule has 0 amide bonds. The van der Waals surface area contributed by atoms with Crippen molar-refractivity contribution in [1.82, 2.24) is 4.98 Å². The van der Waals surface area contributed by atoms with E-state index in [0.29, 0.717) is 11.6 Å². The Morgan fingerprint density at radius 2 is 1.95 bits per heavy atom. The fourth-order valence-corrected chi connectivity index (χ4v) is 3.76. The number of sulfonamides is 1. The second-order valence-electron chi connectivity index (χ2n) is 5.04. The molecule has 2 N–H and O–H groups in total. The molecule has 0 aliphatic heterocycles. The third-order valence-corrected chi connectivity index (χ3v) is 5.25. The Hall–Kier alpha value is -1.93. The molecule has 6 nitrogen and oxygen atoms in total. The molecule has 1 aromatic carbocycles. The van der Waals surface area contributed by atoms with Crippen molar-refractivity contribution in [2.75, 3.05) is 4.72 Å². The smallest absolute Gasteiger partial charge is 0.309 e. The Morgan fingerprint density at radius 3 is 2.50 bits per heavy atom. The largest absolute Gasteiger partial charge is 0.481 e. The van der Waals surface area contributed by atoms with Crippen LogP contribution in [0.1, 0.15) is 31.0 Å². The molecule has 0 bridgehead atoms. The highest BCUT2D eigenvalue weighted by atomic mass is 32.2. The molecular formula is C14H16N2O4S2. The summed E-state index contributed by atoms with van der Waals surface area (Å²) in [7, 11) is -3.72. The first kappa shape index (κ1) is 16.4. The van der Waals surface area contributed by atoms with E-state index in [0.717, 1.165) is 16.9 Å². The van der Waals surface area contributed by atoms with E-state index in [4.69, 9.17) is 5.11 Å². The Balaban J connectivity index is 2.16. The van der Waals surface area contributed by atoms with E-state index in [2.05, 4.69) is 9.71 Å². The first-order valence-corrected chi connectivity index (χ1v) is 8.93. The average molecular weight is 340 g/mol. The van der Waals surface area contributed by atoms with Crippen molar-refractivity contribution in [2.24, 2.45) is 0 Å². The lowest BCUT2D eigenvalue weighted by Crippen LogP contribution is -2.13. The van der Waals surface area contributed by atoms with Crippen LogP contribution < -0.4 is 4.72 Å². The van der Waals surface area contributed by atoms with Gasteiger partial charge in [0.15, 0.2) is 5.13 Å². The van der Waals surface area contributed by atoms with Gasteiger partial charge >= 0.3 is 5.97 Å². The zero-order valence-electron chi connectivity index (χ0n) is 12.1. The number of carboxylic acids is 1. The number of thiazole rings is 1. The maximum atomic E-state index is 12.3. The summed E-state index contributed by atoms with van der Waals surface area (Å²) in [6, 6.07) is 6.64. The first-order valence-electron chi connectivity index (χ1n) is 6.57. The highest BCUT2D eigenvalue weighted by Crippen LogP contribution is 2.22. The third kappa shape index (κ3) is 4.05. The van der Waals surface area contributed by atoms with Crippen molar-refractivity contribution in [3.8, 4) is 0 Å². The lowest BCUT2D eigenvalue weighted by molar-refractivity contribution is -0.136. The molecule has 0 atom stereocenters.